The average molecular weight is 522 g/mol. The number of rotatable bonds is 15. The van der Waals surface area contributed by atoms with Crippen molar-refractivity contribution in [3.63, 3.8) is 0 Å². The Kier molecular flexibility index (Phi) is 12.1. The Hall–Kier alpha value is -2.93. The summed E-state index contributed by atoms with van der Waals surface area (Å²) in [6.07, 6.45) is 13.9. The van der Waals surface area contributed by atoms with Gasteiger partial charge in [0.2, 0.25) is 11.8 Å². The summed E-state index contributed by atoms with van der Waals surface area (Å²) >= 11 is 0. The fourth-order valence-electron chi connectivity index (χ4n) is 5.34. The quantitative estimate of drug-likeness (QED) is 0.258. The molecule has 1 saturated carbocycles. The molecule has 1 aromatic heterocycles. The zero-order chi connectivity index (χ0) is 27.3. The van der Waals surface area contributed by atoms with Crippen LogP contribution in [0.15, 0.2) is 55.5 Å². The maximum atomic E-state index is 13.6. The van der Waals surface area contributed by atoms with Crippen molar-refractivity contribution in [3.8, 4) is 0 Å². The Morgan fingerprint density at radius 1 is 1.16 bits per heavy atom. The molecule has 2 amide bonds. The van der Waals surface area contributed by atoms with E-state index in [2.05, 4.69) is 41.0 Å². The van der Waals surface area contributed by atoms with Crippen molar-refractivity contribution < 1.29 is 14.7 Å². The molecule has 2 aromatic rings. The summed E-state index contributed by atoms with van der Waals surface area (Å²) in [7, 11) is 0. The number of nitrogens with one attached hydrogen (secondary N) is 3. The highest BCUT2D eigenvalue weighted by atomic mass is 16.3. The van der Waals surface area contributed by atoms with Crippen LogP contribution in [-0.2, 0) is 22.4 Å². The molecule has 1 fully saturated rings. The van der Waals surface area contributed by atoms with Gasteiger partial charge in [0, 0.05) is 12.6 Å². The Bertz CT molecular complexity index is 970. The average Bonchev–Trinajstić information content (AvgIpc) is 3.44. The van der Waals surface area contributed by atoms with Gasteiger partial charge in [-0.25, -0.2) is 4.98 Å². The van der Waals surface area contributed by atoms with Gasteiger partial charge < -0.3 is 20.7 Å². The predicted molar refractivity (Wildman–Crippen MR) is 151 cm³/mol. The first-order chi connectivity index (χ1) is 18.4. The van der Waals surface area contributed by atoms with Crippen molar-refractivity contribution >= 4 is 11.8 Å². The maximum absolute atomic E-state index is 13.6. The predicted octanol–water partition coefficient (Wildman–Crippen LogP) is 4.55. The molecule has 7 heteroatoms. The molecule has 207 valence electrons. The molecule has 1 radical (unpaired) electrons. The van der Waals surface area contributed by atoms with Crippen LogP contribution in [0, 0.1) is 24.2 Å². The monoisotopic (exact) mass is 521 g/mol. The number of imidazole rings is 1. The van der Waals surface area contributed by atoms with Crippen LogP contribution in [-0.4, -0.2) is 45.1 Å². The van der Waals surface area contributed by atoms with Gasteiger partial charge in [0.1, 0.15) is 6.04 Å². The van der Waals surface area contributed by atoms with Crippen LogP contribution >= 0.6 is 0 Å². The van der Waals surface area contributed by atoms with E-state index >= 15 is 0 Å². The molecular formula is C31H45N4O3. The highest BCUT2D eigenvalue weighted by molar-refractivity contribution is 5.91. The minimum absolute atomic E-state index is 0.155. The number of nitrogens with zero attached hydrogens (tertiary/aromatic N) is 1. The zero-order valence-electron chi connectivity index (χ0n) is 22.9. The fraction of sp³-hybridized carbons (Fsp3) is 0.548. The van der Waals surface area contributed by atoms with Crippen LogP contribution in [0.25, 0.3) is 0 Å². The smallest absolute Gasteiger partial charge is 0.243 e. The highest BCUT2D eigenvalue weighted by Crippen LogP contribution is 2.29. The summed E-state index contributed by atoms with van der Waals surface area (Å²) < 4.78 is 0. The van der Waals surface area contributed by atoms with Crippen molar-refractivity contribution in [2.45, 2.75) is 89.8 Å². The molecular weight excluding hydrogens is 476 g/mol. The topological polar surface area (TPSA) is 107 Å². The number of hydrogen-bond acceptors (Lipinski definition) is 4. The number of benzene rings is 1. The van der Waals surface area contributed by atoms with Gasteiger partial charge in [-0.05, 0) is 42.6 Å². The normalized spacial score (nSPS) is 17.4. The summed E-state index contributed by atoms with van der Waals surface area (Å²) in [6.45, 7) is 8.19. The highest BCUT2D eigenvalue weighted by Gasteiger charge is 2.31. The number of amides is 2. The lowest BCUT2D eigenvalue weighted by atomic mass is 9.81. The van der Waals surface area contributed by atoms with E-state index in [1.165, 1.54) is 19.3 Å². The van der Waals surface area contributed by atoms with E-state index < -0.39 is 18.2 Å². The van der Waals surface area contributed by atoms with E-state index in [0.29, 0.717) is 30.4 Å². The molecule has 38 heavy (non-hydrogen) atoms. The van der Waals surface area contributed by atoms with Crippen LogP contribution in [0.1, 0.15) is 70.1 Å². The van der Waals surface area contributed by atoms with Gasteiger partial charge in [-0.3, -0.25) is 9.59 Å². The molecule has 3 rings (SSSR count). The number of hydrogen-bond donors (Lipinski definition) is 4. The lowest BCUT2D eigenvalue weighted by Crippen LogP contribution is -2.54. The Labute approximate surface area is 227 Å². The first-order valence-electron chi connectivity index (χ1n) is 14.1. The van der Waals surface area contributed by atoms with Gasteiger partial charge in [0.25, 0.3) is 0 Å². The largest absolute Gasteiger partial charge is 0.391 e. The second-order valence-corrected chi connectivity index (χ2v) is 11.0. The minimum atomic E-state index is -0.806. The number of aliphatic hydroxyl groups is 1. The van der Waals surface area contributed by atoms with E-state index in [1.54, 1.807) is 18.9 Å². The molecule has 1 heterocycles. The van der Waals surface area contributed by atoms with Gasteiger partial charge >= 0.3 is 0 Å². The minimum Gasteiger partial charge on any atom is -0.391 e. The Morgan fingerprint density at radius 2 is 1.89 bits per heavy atom. The Morgan fingerprint density at radius 3 is 2.53 bits per heavy atom. The first-order valence-corrected chi connectivity index (χ1v) is 14.1. The van der Waals surface area contributed by atoms with E-state index in [0.717, 1.165) is 24.8 Å². The van der Waals surface area contributed by atoms with Crippen LogP contribution in [0.5, 0.6) is 0 Å². The lowest BCUT2D eigenvalue weighted by Gasteiger charge is -2.33. The summed E-state index contributed by atoms with van der Waals surface area (Å²) in [6, 6.07) is 8.53. The standard InChI is InChI=1S/C31H45N4O3/c1-4-25(22(2)3)18-29(36)27(17-24-13-9-6-10-14-24)35-31(38)28(19-26-20-32-21-33-26)34-30(37)16-15-23-11-7-5-8-12-23/h4-5,7-8,11-12,16,20-22,24-25,27-29,36H,1,6,9-10,13-15,17-19H2,2-3H3,(H,32,33)(H,34,37)(H,35,38)/t25-,27-,28-,29-/m0/s1. The molecule has 4 N–H and O–H groups in total. The Balaban J connectivity index is 1.70. The third kappa shape index (κ3) is 9.75. The summed E-state index contributed by atoms with van der Waals surface area (Å²) in [5, 5.41) is 17.3. The summed E-state index contributed by atoms with van der Waals surface area (Å²) in [5.74, 6) is 0.376. The number of aromatic nitrogens is 2. The van der Waals surface area contributed by atoms with Gasteiger partial charge in [0.15, 0.2) is 0 Å². The van der Waals surface area contributed by atoms with Gasteiger partial charge in [-0.15, -0.1) is 6.58 Å². The number of aromatic amines is 1. The van der Waals surface area contributed by atoms with E-state index in [9.17, 15) is 14.7 Å². The van der Waals surface area contributed by atoms with Crippen LogP contribution < -0.4 is 10.6 Å². The molecule has 1 aromatic carbocycles. The van der Waals surface area contributed by atoms with Crippen molar-refractivity contribution in [1.29, 1.82) is 0 Å². The summed E-state index contributed by atoms with van der Waals surface area (Å²) in [4.78, 5) is 33.6. The van der Waals surface area contributed by atoms with Gasteiger partial charge in [0.05, 0.1) is 30.6 Å². The van der Waals surface area contributed by atoms with Crippen LogP contribution in [0.3, 0.4) is 0 Å². The van der Waals surface area contributed by atoms with Gasteiger partial charge in [-0.1, -0.05) is 82.4 Å². The number of H-pyrrole nitrogens is 1. The van der Waals surface area contributed by atoms with Crippen molar-refractivity contribution in [3.05, 3.63) is 73.2 Å². The number of carbonyl (C=O) groups excluding carboxylic acids is 2. The van der Waals surface area contributed by atoms with Crippen LogP contribution in [0.2, 0.25) is 0 Å². The number of allylic oxidation sites excluding steroid dienone is 1. The molecule has 1 aliphatic carbocycles. The molecule has 0 aliphatic heterocycles. The molecule has 0 unspecified atom stereocenters. The van der Waals surface area contributed by atoms with E-state index in [1.807, 2.05) is 36.4 Å². The molecule has 7 nitrogen and oxygen atoms in total. The molecule has 4 atom stereocenters. The fourth-order valence-corrected chi connectivity index (χ4v) is 5.34. The van der Waals surface area contributed by atoms with E-state index in [-0.39, 0.29) is 24.2 Å². The maximum Gasteiger partial charge on any atom is 0.243 e. The molecule has 1 aliphatic rings. The first kappa shape index (κ1) is 29.6. The van der Waals surface area contributed by atoms with Gasteiger partial charge in [-0.2, -0.15) is 0 Å². The molecule has 0 spiro atoms. The number of carbonyl (C=O) groups is 2. The molecule has 0 bridgehead atoms. The molecule has 0 saturated heterocycles. The number of aliphatic hydroxyl groups excluding tert-OH is 1. The summed E-state index contributed by atoms with van der Waals surface area (Å²) in [5.41, 5.74) is 1.71. The van der Waals surface area contributed by atoms with Crippen molar-refractivity contribution in [2.24, 2.45) is 17.8 Å². The van der Waals surface area contributed by atoms with Crippen molar-refractivity contribution in [1.82, 2.24) is 20.6 Å². The second kappa shape index (κ2) is 15.5. The van der Waals surface area contributed by atoms with Crippen LogP contribution in [0.4, 0.5) is 0 Å². The lowest BCUT2D eigenvalue weighted by molar-refractivity contribution is -0.129. The zero-order valence-corrected chi connectivity index (χ0v) is 22.9. The second-order valence-electron chi connectivity index (χ2n) is 11.0. The third-order valence-corrected chi connectivity index (χ3v) is 7.74. The van der Waals surface area contributed by atoms with Crippen molar-refractivity contribution in [2.75, 3.05) is 0 Å². The third-order valence-electron chi connectivity index (χ3n) is 7.74. The van der Waals surface area contributed by atoms with E-state index in [4.69, 9.17) is 0 Å². The SMILES string of the molecule is C=C[C@@H](C[C@H](O)[C@H](CC1CCCCC1)NC(=O)[C@H](Cc1c[nH]cn1)NC(=O)[CH]Cc1ccccc1)C(C)C.